The van der Waals surface area contributed by atoms with E-state index in [0.717, 1.165) is 0 Å². The molecule has 0 amide bonds. The fourth-order valence-electron chi connectivity index (χ4n) is 4.03. The molecule has 0 aliphatic heterocycles. The van der Waals surface area contributed by atoms with Crippen LogP contribution in [0.15, 0.2) is 66.7 Å². The Balaban J connectivity index is 1.90. The number of hydrogen-bond donors (Lipinski definition) is 0. The fourth-order valence-corrected chi connectivity index (χ4v) is 4.03. The van der Waals surface area contributed by atoms with Gasteiger partial charge < -0.3 is 4.57 Å². The molecule has 5 rings (SSSR count). The summed E-state index contributed by atoms with van der Waals surface area (Å²) in [7, 11) is 0. The fraction of sp³-hybridized carbons (Fsp3) is 0.0435. The van der Waals surface area contributed by atoms with Gasteiger partial charge in [0.1, 0.15) is 5.69 Å². The highest BCUT2D eigenvalue weighted by molar-refractivity contribution is 6.32. The molecule has 0 fully saturated rings. The van der Waals surface area contributed by atoms with E-state index in [1.807, 2.05) is 18.2 Å². The van der Waals surface area contributed by atoms with Gasteiger partial charge in [-0.1, -0.05) is 48.5 Å². The molecule has 0 unspecified atom stereocenters. The summed E-state index contributed by atoms with van der Waals surface area (Å²) in [4.78, 5) is 37.7. The predicted octanol–water partition coefficient (Wildman–Crippen LogP) is 4.62. The van der Waals surface area contributed by atoms with Crippen LogP contribution >= 0.6 is 0 Å². The molecule has 6 nitrogen and oxygen atoms in total. The molecule has 29 heavy (non-hydrogen) atoms. The quantitative estimate of drug-likeness (QED) is 0.329. The van der Waals surface area contributed by atoms with E-state index in [1.54, 1.807) is 54.0 Å². The van der Waals surface area contributed by atoms with E-state index in [4.69, 9.17) is 0 Å². The zero-order chi connectivity index (χ0) is 20.3. The van der Waals surface area contributed by atoms with E-state index in [-0.39, 0.29) is 22.9 Å². The number of ketones is 2. The van der Waals surface area contributed by atoms with Crippen molar-refractivity contribution in [2.75, 3.05) is 0 Å². The van der Waals surface area contributed by atoms with Crippen LogP contribution in [0, 0.1) is 17.0 Å². The molecule has 1 aliphatic carbocycles. The van der Waals surface area contributed by atoms with E-state index in [1.165, 1.54) is 6.07 Å². The second-order valence-electron chi connectivity index (χ2n) is 7.01. The Morgan fingerprint density at radius 3 is 2.24 bits per heavy atom. The molecular formula is C23H14N2O4. The number of aromatic nitrogens is 1. The van der Waals surface area contributed by atoms with Crippen LogP contribution < -0.4 is 0 Å². The van der Waals surface area contributed by atoms with Gasteiger partial charge in [0.15, 0.2) is 5.78 Å². The molecule has 0 atom stereocenters. The summed E-state index contributed by atoms with van der Waals surface area (Å²) < 4.78 is 1.66. The summed E-state index contributed by atoms with van der Waals surface area (Å²) in [5.74, 6) is -0.485. The number of aryl methyl sites for hydroxylation is 1. The summed E-state index contributed by atoms with van der Waals surface area (Å²) in [6.45, 7) is 1.66. The molecule has 0 spiro atoms. The van der Waals surface area contributed by atoms with Crippen LogP contribution in [0.4, 0.5) is 5.69 Å². The number of carbonyl (C=O) groups is 2. The van der Waals surface area contributed by atoms with Crippen LogP contribution in [0.2, 0.25) is 0 Å². The van der Waals surface area contributed by atoms with Gasteiger partial charge in [0.2, 0.25) is 5.78 Å². The summed E-state index contributed by atoms with van der Waals surface area (Å²) in [6, 6.07) is 18.8. The van der Waals surface area contributed by atoms with Crippen molar-refractivity contribution in [1.29, 1.82) is 0 Å². The molecule has 140 valence electrons. The predicted molar refractivity (Wildman–Crippen MR) is 108 cm³/mol. The second kappa shape index (κ2) is 5.97. The minimum absolute atomic E-state index is 0.0379. The van der Waals surface area contributed by atoms with E-state index >= 15 is 0 Å². The van der Waals surface area contributed by atoms with Crippen molar-refractivity contribution < 1.29 is 14.5 Å². The van der Waals surface area contributed by atoms with Crippen LogP contribution in [-0.2, 0) is 0 Å². The number of para-hydroxylation sites is 1. The number of nitrogens with zero attached hydrogens (tertiary/aromatic N) is 2. The van der Waals surface area contributed by atoms with Gasteiger partial charge >= 0.3 is 0 Å². The third-order valence-electron chi connectivity index (χ3n) is 5.38. The Bertz CT molecular complexity index is 1380. The van der Waals surface area contributed by atoms with E-state index in [9.17, 15) is 19.7 Å². The second-order valence-corrected chi connectivity index (χ2v) is 7.01. The first-order valence-electron chi connectivity index (χ1n) is 9.06. The van der Waals surface area contributed by atoms with Gasteiger partial charge in [-0.25, -0.2) is 0 Å². The van der Waals surface area contributed by atoms with E-state index in [0.29, 0.717) is 38.8 Å². The number of hydrogen-bond acceptors (Lipinski definition) is 4. The highest BCUT2D eigenvalue weighted by Gasteiger charge is 2.35. The molecule has 0 radical (unpaired) electrons. The van der Waals surface area contributed by atoms with Crippen LogP contribution in [0.25, 0.3) is 16.6 Å². The summed E-state index contributed by atoms with van der Waals surface area (Å²) >= 11 is 0. The highest BCUT2D eigenvalue weighted by atomic mass is 16.6. The summed E-state index contributed by atoms with van der Waals surface area (Å²) in [5, 5.41) is 12.1. The van der Waals surface area contributed by atoms with Gasteiger partial charge in [-0.05, 0) is 19.1 Å². The highest BCUT2D eigenvalue weighted by Crippen LogP contribution is 2.37. The Hall–Kier alpha value is -4.06. The van der Waals surface area contributed by atoms with E-state index in [2.05, 4.69) is 0 Å². The van der Waals surface area contributed by atoms with Crippen LogP contribution in [0.1, 0.15) is 37.5 Å². The molecule has 0 bridgehead atoms. The average molecular weight is 382 g/mol. The first-order valence-corrected chi connectivity index (χ1v) is 9.06. The number of benzene rings is 3. The van der Waals surface area contributed by atoms with Gasteiger partial charge in [-0.15, -0.1) is 0 Å². The minimum Gasteiger partial charge on any atom is -0.305 e. The lowest BCUT2D eigenvalue weighted by Gasteiger charge is -2.17. The first-order chi connectivity index (χ1) is 14.0. The average Bonchev–Trinajstić information content (AvgIpc) is 3.08. The first kappa shape index (κ1) is 17.1. The largest absolute Gasteiger partial charge is 0.305 e. The van der Waals surface area contributed by atoms with Crippen molar-refractivity contribution in [2.45, 2.75) is 6.92 Å². The lowest BCUT2D eigenvalue weighted by Crippen LogP contribution is -2.22. The zero-order valence-electron chi connectivity index (χ0n) is 15.4. The minimum atomic E-state index is -0.445. The van der Waals surface area contributed by atoms with Crippen molar-refractivity contribution in [3.63, 3.8) is 0 Å². The maximum Gasteiger partial charge on any atom is 0.274 e. The maximum atomic E-state index is 13.4. The number of nitro benzene ring substituents is 1. The third kappa shape index (κ3) is 2.29. The van der Waals surface area contributed by atoms with Gasteiger partial charge in [0, 0.05) is 28.1 Å². The zero-order valence-corrected chi connectivity index (χ0v) is 15.4. The third-order valence-corrected chi connectivity index (χ3v) is 5.38. The molecular weight excluding hydrogens is 368 g/mol. The van der Waals surface area contributed by atoms with Crippen LogP contribution in [-0.4, -0.2) is 21.1 Å². The van der Waals surface area contributed by atoms with Gasteiger partial charge in [-0.2, -0.15) is 0 Å². The van der Waals surface area contributed by atoms with E-state index < -0.39 is 4.92 Å². The van der Waals surface area contributed by atoms with Crippen molar-refractivity contribution in [3.05, 3.63) is 105 Å². The Morgan fingerprint density at radius 2 is 1.52 bits per heavy atom. The smallest absolute Gasteiger partial charge is 0.274 e. The molecule has 1 aliphatic rings. The lowest BCUT2D eigenvalue weighted by molar-refractivity contribution is -0.385. The van der Waals surface area contributed by atoms with Crippen molar-refractivity contribution in [3.8, 4) is 5.69 Å². The molecule has 6 heteroatoms. The Morgan fingerprint density at radius 1 is 0.862 bits per heavy atom. The van der Waals surface area contributed by atoms with Crippen LogP contribution in [0.3, 0.4) is 0 Å². The molecule has 1 aromatic heterocycles. The summed E-state index contributed by atoms with van der Waals surface area (Å²) in [6.07, 6.45) is 0. The van der Waals surface area contributed by atoms with Gasteiger partial charge in [0.25, 0.3) is 5.69 Å². The van der Waals surface area contributed by atoms with Crippen molar-refractivity contribution >= 4 is 28.2 Å². The van der Waals surface area contributed by atoms with Crippen molar-refractivity contribution in [1.82, 2.24) is 4.57 Å². The number of carbonyl (C=O) groups excluding carboxylic acids is 2. The SMILES string of the molecule is Cc1ccc(-n2c3c(c4ccccc42)C(=O)c2ccccc2C3=O)cc1[N+](=O)[O-]. The molecule has 0 N–H and O–H groups in total. The number of nitro groups is 1. The van der Waals surface area contributed by atoms with Crippen molar-refractivity contribution in [2.24, 2.45) is 0 Å². The number of fused-ring (bicyclic) bond motifs is 4. The molecule has 3 aromatic carbocycles. The summed E-state index contributed by atoms with van der Waals surface area (Å²) in [5.41, 5.74) is 2.92. The topological polar surface area (TPSA) is 82.2 Å². The molecule has 0 saturated carbocycles. The Kier molecular flexibility index (Phi) is 3.51. The maximum absolute atomic E-state index is 13.4. The van der Waals surface area contributed by atoms with Gasteiger partial charge in [-0.3, -0.25) is 19.7 Å². The molecule has 1 heterocycles. The molecule has 4 aromatic rings. The molecule has 0 saturated heterocycles. The standard InChI is InChI=1S/C23H14N2O4/c1-13-10-11-14(12-19(13)25(28)29)24-18-9-5-4-8-17(18)20-21(24)23(27)16-7-3-2-6-15(16)22(20)26/h2-12H,1H3. The Labute approximate surface area is 165 Å². The lowest BCUT2D eigenvalue weighted by atomic mass is 9.87. The van der Waals surface area contributed by atoms with Gasteiger partial charge in [0.05, 0.1) is 21.7 Å². The normalized spacial score (nSPS) is 12.7. The monoisotopic (exact) mass is 382 g/mol. The van der Waals surface area contributed by atoms with Crippen LogP contribution in [0.5, 0.6) is 0 Å². The number of rotatable bonds is 2.